The molecule has 0 aliphatic rings. The van der Waals surface area contributed by atoms with Crippen molar-refractivity contribution in [2.45, 2.75) is 26.4 Å². The van der Waals surface area contributed by atoms with Crippen LogP contribution < -0.4 is 10.6 Å². The predicted octanol–water partition coefficient (Wildman–Crippen LogP) is 0.781. The Morgan fingerprint density at radius 3 is 2.33 bits per heavy atom. The minimum absolute atomic E-state index is 0.200. The van der Waals surface area contributed by atoms with Gasteiger partial charge in [0.25, 0.3) is 0 Å². The summed E-state index contributed by atoms with van der Waals surface area (Å²) in [4.78, 5) is 25.7. The maximum Gasteiger partial charge on any atom is 0.414 e. The number of nitrogens with zero attached hydrogens (tertiary/aromatic N) is 1. The number of methoxy groups -OCH3 is 1. The Kier molecular flexibility index (Phi) is 6.73. The first-order valence-corrected chi connectivity index (χ1v) is 5.28. The minimum atomic E-state index is -1.33. The number of ether oxygens (including phenoxy) is 2. The number of hydrogen-bond donors (Lipinski definition) is 3. The van der Waals surface area contributed by atoms with Crippen molar-refractivity contribution in [3.05, 3.63) is 0 Å². The number of hydrogen-bond acceptors (Lipinski definition) is 5. The monoisotopic (exact) mass is 261 g/mol. The lowest BCUT2D eigenvalue weighted by atomic mass is 10.2. The Morgan fingerprint density at radius 1 is 1.28 bits per heavy atom. The van der Waals surface area contributed by atoms with Crippen LogP contribution in [0.25, 0.3) is 0 Å². The summed E-state index contributed by atoms with van der Waals surface area (Å²) < 4.78 is 9.72. The lowest BCUT2D eigenvalue weighted by molar-refractivity contribution is 0.0561. The number of carbonyl (C=O) groups is 2. The van der Waals surface area contributed by atoms with Gasteiger partial charge in [0.2, 0.25) is 5.96 Å². The third-order valence-corrected chi connectivity index (χ3v) is 1.41. The van der Waals surface area contributed by atoms with Gasteiger partial charge >= 0.3 is 12.2 Å². The molecule has 0 aromatic rings. The summed E-state index contributed by atoms with van der Waals surface area (Å²) in [5.41, 5.74) is -0.676. The highest BCUT2D eigenvalue weighted by molar-refractivity contribution is 6.00. The summed E-state index contributed by atoms with van der Waals surface area (Å²) in [6.45, 7) is 5.60. The van der Waals surface area contributed by atoms with Gasteiger partial charge in [-0.05, 0) is 20.8 Å². The van der Waals surface area contributed by atoms with Gasteiger partial charge in [-0.1, -0.05) is 0 Å². The molecule has 8 nitrogen and oxygen atoms in total. The molecule has 0 aliphatic carbocycles. The van der Waals surface area contributed by atoms with E-state index in [-0.39, 0.29) is 12.5 Å². The number of alkyl carbamates (subject to hydrolysis) is 1. The number of nitrogens with one attached hydrogen (secondary N) is 2. The second-order valence-electron chi connectivity index (χ2n) is 4.28. The van der Waals surface area contributed by atoms with Crippen LogP contribution in [0.3, 0.4) is 0 Å². The maximum absolute atomic E-state index is 11.4. The maximum atomic E-state index is 11.4. The highest BCUT2D eigenvalue weighted by Crippen LogP contribution is 2.06. The van der Waals surface area contributed by atoms with Crippen molar-refractivity contribution in [1.29, 1.82) is 0 Å². The van der Waals surface area contributed by atoms with E-state index in [1.54, 1.807) is 20.8 Å². The van der Waals surface area contributed by atoms with Gasteiger partial charge in [0.1, 0.15) is 5.60 Å². The van der Waals surface area contributed by atoms with Crippen LogP contribution in [-0.2, 0) is 9.47 Å². The van der Waals surface area contributed by atoms with Gasteiger partial charge < -0.3 is 14.6 Å². The zero-order valence-corrected chi connectivity index (χ0v) is 10.9. The fraction of sp³-hybridized carbons (Fsp3) is 0.700. The average molecular weight is 261 g/mol. The van der Waals surface area contributed by atoms with E-state index in [1.807, 2.05) is 5.32 Å². The summed E-state index contributed by atoms with van der Waals surface area (Å²) in [6, 6.07) is 0. The second kappa shape index (κ2) is 7.49. The first kappa shape index (κ1) is 16.2. The van der Waals surface area contributed by atoms with Crippen LogP contribution in [0, 0.1) is 0 Å². The molecule has 2 amide bonds. The molecule has 18 heavy (non-hydrogen) atoms. The molecule has 0 fully saturated rings. The molecular weight excluding hydrogens is 242 g/mol. The molecule has 0 radical (unpaired) electrons. The largest absolute Gasteiger partial charge is 0.465 e. The first-order chi connectivity index (χ1) is 8.24. The molecular formula is C10H19N3O5. The molecule has 0 aromatic carbocycles. The van der Waals surface area contributed by atoms with Crippen molar-refractivity contribution in [2.24, 2.45) is 4.99 Å². The number of amides is 2. The van der Waals surface area contributed by atoms with Gasteiger partial charge in [-0.3, -0.25) is 10.6 Å². The number of aliphatic imine (C=N–C) groups is 1. The molecule has 0 unspecified atom stereocenters. The van der Waals surface area contributed by atoms with Gasteiger partial charge in [-0.15, -0.1) is 0 Å². The average Bonchev–Trinajstić information content (AvgIpc) is 2.13. The smallest absolute Gasteiger partial charge is 0.414 e. The van der Waals surface area contributed by atoms with Gasteiger partial charge in [-0.2, -0.15) is 0 Å². The predicted molar refractivity (Wildman–Crippen MR) is 64.7 cm³/mol. The molecule has 0 aromatic heterocycles. The van der Waals surface area contributed by atoms with Crippen molar-refractivity contribution >= 4 is 18.1 Å². The van der Waals surface area contributed by atoms with E-state index < -0.39 is 17.8 Å². The van der Waals surface area contributed by atoms with Crippen molar-refractivity contribution < 1.29 is 24.2 Å². The molecule has 0 saturated heterocycles. The molecule has 0 bridgehead atoms. The highest BCUT2D eigenvalue weighted by atomic mass is 16.6. The number of rotatable bonds is 3. The molecule has 8 heteroatoms. The quantitative estimate of drug-likeness (QED) is 0.395. The molecule has 3 N–H and O–H groups in total. The third-order valence-electron chi connectivity index (χ3n) is 1.41. The van der Waals surface area contributed by atoms with Gasteiger partial charge in [0.05, 0.1) is 13.2 Å². The molecule has 0 spiro atoms. The van der Waals surface area contributed by atoms with Crippen LogP contribution in [-0.4, -0.2) is 49.1 Å². The molecule has 0 rings (SSSR count). The fourth-order valence-electron chi connectivity index (χ4n) is 0.861. The highest BCUT2D eigenvalue weighted by Gasteiger charge is 2.18. The van der Waals surface area contributed by atoms with E-state index >= 15 is 0 Å². The summed E-state index contributed by atoms with van der Waals surface area (Å²) in [6.07, 6.45) is -2.12. The first-order valence-electron chi connectivity index (χ1n) is 5.28. The Morgan fingerprint density at radius 2 is 1.89 bits per heavy atom. The van der Waals surface area contributed by atoms with Crippen molar-refractivity contribution in [2.75, 3.05) is 20.3 Å². The minimum Gasteiger partial charge on any atom is -0.465 e. The standard InChI is InChI=1S/C10H19N3O5/c1-10(2,3)18-9(16)13-7(12-8(14)15)11-5-6-17-4/h5-6H2,1-4H3,(H,14,15)(H2,11,12,13,16). The van der Waals surface area contributed by atoms with E-state index in [0.29, 0.717) is 6.61 Å². The molecule has 0 heterocycles. The lowest BCUT2D eigenvalue weighted by Crippen LogP contribution is -2.45. The Hall–Kier alpha value is -1.83. The normalized spacial score (nSPS) is 11.9. The summed E-state index contributed by atoms with van der Waals surface area (Å²) in [7, 11) is 1.49. The number of guanidine groups is 1. The van der Waals surface area contributed by atoms with E-state index in [0.717, 1.165) is 0 Å². The van der Waals surface area contributed by atoms with Crippen LogP contribution >= 0.6 is 0 Å². The summed E-state index contributed by atoms with van der Waals surface area (Å²) in [5, 5.41) is 12.7. The fourth-order valence-corrected chi connectivity index (χ4v) is 0.861. The van der Waals surface area contributed by atoms with Crippen LogP contribution in [0.5, 0.6) is 0 Å². The van der Waals surface area contributed by atoms with Crippen molar-refractivity contribution in [3.8, 4) is 0 Å². The second-order valence-corrected chi connectivity index (χ2v) is 4.28. The molecule has 0 atom stereocenters. The van der Waals surface area contributed by atoms with Crippen LogP contribution in [0.1, 0.15) is 20.8 Å². The number of carbonyl (C=O) groups excluding carboxylic acids is 1. The van der Waals surface area contributed by atoms with Gasteiger partial charge in [0, 0.05) is 7.11 Å². The lowest BCUT2D eigenvalue weighted by Gasteiger charge is -2.19. The Labute approximate surface area is 105 Å². The zero-order valence-electron chi connectivity index (χ0n) is 10.9. The van der Waals surface area contributed by atoms with E-state index in [1.165, 1.54) is 7.11 Å². The molecule has 0 saturated carbocycles. The van der Waals surface area contributed by atoms with Crippen molar-refractivity contribution in [1.82, 2.24) is 10.6 Å². The zero-order chi connectivity index (χ0) is 14.2. The van der Waals surface area contributed by atoms with Crippen LogP contribution in [0.15, 0.2) is 4.99 Å². The van der Waals surface area contributed by atoms with Crippen LogP contribution in [0.4, 0.5) is 9.59 Å². The van der Waals surface area contributed by atoms with Gasteiger partial charge in [-0.25, -0.2) is 14.6 Å². The SMILES string of the molecule is COCCN=C(NC(=O)O)NC(=O)OC(C)(C)C. The van der Waals surface area contributed by atoms with Crippen LogP contribution in [0.2, 0.25) is 0 Å². The number of carboxylic acid groups (broad SMARTS) is 1. The van der Waals surface area contributed by atoms with E-state index in [4.69, 9.17) is 14.6 Å². The van der Waals surface area contributed by atoms with Gasteiger partial charge in [0.15, 0.2) is 0 Å². The topological polar surface area (TPSA) is 109 Å². The van der Waals surface area contributed by atoms with Crippen molar-refractivity contribution in [3.63, 3.8) is 0 Å². The molecule has 104 valence electrons. The van der Waals surface area contributed by atoms with E-state index in [2.05, 4.69) is 10.3 Å². The Bertz CT molecular complexity index is 322. The molecule has 0 aliphatic heterocycles. The third kappa shape index (κ3) is 9.40. The van der Waals surface area contributed by atoms with E-state index in [9.17, 15) is 9.59 Å². The summed E-state index contributed by atoms with van der Waals surface area (Å²) in [5.74, 6) is -0.200. The Balaban J connectivity index is 4.44. The summed E-state index contributed by atoms with van der Waals surface area (Å²) >= 11 is 0.